The average molecular weight is 238 g/mol. The maximum atomic E-state index is 12.4. The van der Waals surface area contributed by atoms with Crippen molar-refractivity contribution < 1.29 is 18.3 Å². The number of aliphatic hydroxyl groups is 1. The molecule has 1 atom stereocenters. The Morgan fingerprint density at radius 2 is 1.80 bits per heavy atom. The Kier molecular flexibility index (Phi) is 4.67. The number of aryl methyl sites for hydroxylation is 1. The summed E-state index contributed by atoms with van der Waals surface area (Å²) in [4.78, 5) is 0. The summed E-state index contributed by atoms with van der Waals surface area (Å²) in [6.45, 7) is 2.83. The highest BCUT2D eigenvalue weighted by molar-refractivity contribution is 7.59. The van der Waals surface area contributed by atoms with Gasteiger partial charge in [0, 0.05) is 0 Å². The van der Waals surface area contributed by atoms with Crippen LogP contribution in [0.5, 0.6) is 0 Å². The van der Waals surface area contributed by atoms with Crippen molar-refractivity contribution >= 4 is 13.5 Å². The van der Waals surface area contributed by atoms with Gasteiger partial charge in [-0.15, -0.1) is 0 Å². The minimum absolute atomic E-state index is 0. The van der Waals surface area contributed by atoms with Gasteiger partial charge in [0.15, 0.2) is 0 Å². The summed E-state index contributed by atoms with van der Waals surface area (Å²) in [6, 6.07) is 3.85. The molecule has 1 rings (SSSR count). The highest BCUT2D eigenvalue weighted by atomic mass is 32.1. The number of rotatable bonds is 1. The lowest BCUT2D eigenvalue weighted by Crippen LogP contribution is -2.08. The fourth-order valence-corrected chi connectivity index (χ4v) is 1.20. The van der Waals surface area contributed by atoms with Gasteiger partial charge >= 0.3 is 6.18 Å². The van der Waals surface area contributed by atoms with E-state index in [4.69, 9.17) is 5.11 Å². The maximum Gasteiger partial charge on any atom is 0.416 e. The molecule has 0 bridgehead atoms. The molecule has 0 radical (unpaired) electrons. The molecule has 0 aliphatic rings. The zero-order valence-corrected chi connectivity index (χ0v) is 9.39. The lowest BCUT2D eigenvalue weighted by Gasteiger charge is -2.13. The van der Waals surface area contributed by atoms with E-state index in [-0.39, 0.29) is 24.6 Å². The first-order valence-electron chi connectivity index (χ1n) is 4.18. The van der Waals surface area contributed by atoms with E-state index in [1.165, 1.54) is 26.0 Å². The van der Waals surface area contributed by atoms with Crippen molar-refractivity contribution in [3.8, 4) is 0 Å². The number of hydrogen-bond acceptors (Lipinski definition) is 1. The van der Waals surface area contributed by atoms with Crippen LogP contribution < -0.4 is 0 Å². The number of halogens is 3. The van der Waals surface area contributed by atoms with E-state index in [0.29, 0.717) is 0 Å². The van der Waals surface area contributed by atoms with Crippen LogP contribution in [-0.4, -0.2) is 5.11 Å². The normalized spacial score (nSPS) is 13.2. The van der Waals surface area contributed by atoms with Crippen molar-refractivity contribution in [3.05, 3.63) is 34.9 Å². The van der Waals surface area contributed by atoms with Crippen molar-refractivity contribution in [2.75, 3.05) is 0 Å². The summed E-state index contributed by atoms with van der Waals surface area (Å²) in [5.41, 5.74) is -0.235. The summed E-state index contributed by atoms with van der Waals surface area (Å²) in [6.07, 6.45) is -5.23. The van der Waals surface area contributed by atoms with Crippen LogP contribution in [-0.2, 0) is 6.18 Å². The second-order valence-electron chi connectivity index (χ2n) is 3.25. The molecule has 0 saturated carbocycles. The van der Waals surface area contributed by atoms with Crippen molar-refractivity contribution in [2.24, 2.45) is 0 Å². The number of aliphatic hydroxyl groups excluding tert-OH is 1. The third kappa shape index (κ3) is 3.43. The van der Waals surface area contributed by atoms with Gasteiger partial charge in [-0.25, -0.2) is 0 Å². The SMILES string of the molecule is Cc1ccc([C@H](C)O)cc1C(F)(F)F.S. The molecule has 0 spiro atoms. The Labute approximate surface area is 93.4 Å². The Bertz CT molecular complexity index is 334. The molecule has 1 N–H and O–H groups in total. The van der Waals surface area contributed by atoms with Gasteiger partial charge in [0.1, 0.15) is 0 Å². The van der Waals surface area contributed by atoms with Crippen LogP contribution in [0, 0.1) is 6.92 Å². The Balaban J connectivity index is 0.00000196. The maximum absolute atomic E-state index is 12.4. The van der Waals surface area contributed by atoms with Crippen LogP contribution in [0.2, 0.25) is 0 Å². The lowest BCUT2D eigenvalue weighted by atomic mass is 10.0. The first-order valence-corrected chi connectivity index (χ1v) is 4.18. The molecule has 0 heterocycles. The van der Waals surface area contributed by atoms with E-state index in [2.05, 4.69) is 0 Å². The quantitative estimate of drug-likeness (QED) is 0.796. The predicted octanol–water partition coefficient (Wildman–Crippen LogP) is 3.18. The van der Waals surface area contributed by atoms with Gasteiger partial charge in [0.2, 0.25) is 0 Å². The van der Waals surface area contributed by atoms with Crippen molar-refractivity contribution in [1.29, 1.82) is 0 Å². The molecule has 1 aromatic rings. The van der Waals surface area contributed by atoms with Crippen molar-refractivity contribution in [1.82, 2.24) is 0 Å². The molecule has 15 heavy (non-hydrogen) atoms. The third-order valence-electron chi connectivity index (χ3n) is 2.05. The monoisotopic (exact) mass is 238 g/mol. The van der Waals surface area contributed by atoms with Gasteiger partial charge in [-0.3, -0.25) is 0 Å². The van der Waals surface area contributed by atoms with Gasteiger partial charge in [0.25, 0.3) is 0 Å². The predicted molar refractivity (Wildman–Crippen MR) is 57.2 cm³/mol. The molecule has 0 aliphatic carbocycles. The molecule has 1 nitrogen and oxygen atoms in total. The summed E-state index contributed by atoms with van der Waals surface area (Å²) in [5, 5.41) is 9.14. The largest absolute Gasteiger partial charge is 0.416 e. The molecular weight excluding hydrogens is 225 g/mol. The molecule has 0 aromatic heterocycles. The Morgan fingerprint density at radius 1 is 1.27 bits per heavy atom. The molecule has 0 unspecified atom stereocenters. The van der Waals surface area contributed by atoms with Gasteiger partial charge in [-0.2, -0.15) is 26.7 Å². The minimum Gasteiger partial charge on any atom is -0.389 e. The number of benzene rings is 1. The Hall–Kier alpha value is -0.680. The summed E-state index contributed by atoms with van der Waals surface area (Å²) in [7, 11) is 0. The molecule has 0 fully saturated rings. The zero-order valence-electron chi connectivity index (χ0n) is 8.39. The van der Waals surface area contributed by atoms with E-state index in [9.17, 15) is 13.2 Å². The molecule has 5 heteroatoms. The van der Waals surface area contributed by atoms with Crippen molar-refractivity contribution in [3.63, 3.8) is 0 Å². The van der Waals surface area contributed by atoms with E-state index >= 15 is 0 Å². The number of hydrogen-bond donors (Lipinski definition) is 1. The first kappa shape index (κ1) is 14.3. The lowest BCUT2D eigenvalue weighted by molar-refractivity contribution is -0.138. The molecule has 0 amide bonds. The molecule has 0 aliphatic heterocycles. The van der Waals surface area contributed by atoms with E-state index < -0.39 is 17.8 Å². The van der Waals surface area contributed by atoms with Gasteiger partial charge in [-0.1, -0.05) is 12.1 Å². The first-order chi connectivity index (χ1) is 6.32. The number of alkyl halides is 3. The standard InChI is InChI=1S/C10H11F3O.H2S/c1-6-3-4-8(7(2)14)5-9(6)10(11,12)13;/h3-5,7,14H,1-2H3;1H2/t7-;/m0./s1. The smallest absolute Gasteiger partial charge is 0.389 e. The van der Waals surface area contributed by atoms with Crippen LogP contribution >= 0.6 is 13.5 Å². The average Bonchev–Trinajstić information content (AvgIpc) is 2.02. The van der Waals surface area contributed by atoms with Crippen LogP contribution in [0.25, 0.3) is 0 Å². The van der Waals surface area contributed by atoms with Crippen LogP contribution in [0.3, 0.4) is 0 Å². The summed E-state index contributed by atoms with van der Waals surface area (Å²) < 4.78 is 37.2. The van der Waals surface area contributed by atoms with Gasteiger partial charge in [0.05, 0.1) is 11.7 Å². The third-order valence-corrected chi connectivity index (χ3v) is 2.05. The fraction of sp³-hybridized carbons (Fsp3) is 0.400. The highest BCUT2D eigenvalue weighted by Gasteiger charge is 2.32. The molecule has 0 saturated heterocycles. The molecular formula is C10H13F3OS. The van der Waals surface area contributed by atoms with Gasteiger partial charge < -0.3 is 5.11 Å². The van der Waals surface area contributed by atoms with Crippen LogP contribution in [0.15, 0.2) is 18.2 Å². The highest BCUT2D eigenvalue weighted by Crippen LogP contribution is 2.33. The van der Waals surface area contributed by atoms with E-state index in [0.717, 1.165) is 6.07 Å². The summed E-state index contributed by atoms with van der Waals surface area (Å²) >= 11 is 0. The topological polar surface area (TPSA) is 20.2 Å². The van der Waals surface area contributed by atoms with E-state index in [1.54, 1.807) is 0 Å². The van der Waals surface area contributed by atoms with Gasteiger partial charge in [-0.05, 0) is 31.0 Å². The summed E-state index contributed by atoms with van der Waals surface area (Å²) in [5.74, 6) is 0. The van der Waals surface area contributed by atoms with Crippen LogP contribution in [0.1, 0.15) is 29.7 Å². The minimum atomic E-state index is -4.35. The van der Waals surface area contributed by atoms with Crippen LogP contribution in [0.4, 0.5) is 13.2 Å². The molecule has 86 valence electrons. The zero-order chi connectivity index (χ0) is 10.9. The van der Waals surface area contributed by atoms with E-state index in [1.807, 2.05) is 0 Å². The fourth-order valence-electron chi connectivity index (χ4n) is 1.20. The Morgan fingerprint density at radius 3 is 2.20 bits per heavy atom. The second-order valence-corrected chi connectivity index (χ2v) is 3.25. The second kappa shape index (κ2) is 4.90. The van der Waals surface area contributed by atoms with Crippen molar-refractivity contribution in [2.45, 2.75) is 26.1 Å². The molecule has 1 aromatic carbocycles.